The number of rotatable bonds is 7. The minimum Gasteiger partial charge on any atom is -0.356 e. The second-order valence-corrected chi connectivity index (χ2v) is 9.62. The molecule has 0 aromatic heterocycles. The van der Waals surface area contributed by atoms with Crippen molar-refractivity contribution in [2.45, 2.75) is 63.1 Å². The van der Waals surface area contributed by atoms with E-state index in [4.69, 9.17) is 0 Å². The third-order valence-corrected chi connectivity index (χ3v) is 7.07. The lowest BCUT2D eigenvalue weighted by molar-refractivity contribution is -0.137. The van der Waals surface area contributed by atoms with E-state index in [1.807, 2.05) is 0 Å². The molecule has 8 heteroatoms. The van der Waals surface area contributed by atoms with Crippen LogP contribution in [-0.4, -0.2) is 30.6 Å². The maximum atomic E-state index is 12.6. The van der Waals surface area contributed by atoms with Crippen molar-refractivity contribution in [2.75, 3.05) is 13.1 Å². The molecule has 4 bridgehead atoms. The Morgan fingerprint density at radius 1 is 0.903 bits per heavy atom. The van der Waals surface area contributed by atoms with Crippen LogP contribution in [-0.2, 0) is 17.4 Å². The maximum Gasteiger partial charge on any atom is 0.416 e. The molecule has 5 nitrogen and oxygen atoms in total. The topological polar surface area (TPSA) is 70.2 Å². The van der Waals surface area contributed by atoms with Crippen LogP contribution in [0.3, 0.4) is 0 Å². The molecule has 4 aliphatic rings. The van der Waals surface area contributed by atoms with Crippen molar-refractivity contribution in [1.82, 2.24) is 16.0 Å². The quantitative estimate of drug-likeness (QED) is 0.603. The third-order valence-electron chi connectivity index (χ3n) is 7.07. The Bertz CT molecular complexity index is 772. The second-order valence-electron chi connectivity index (χ2n) is 9.62. The van der Waals surface area contributed by atoms with E-state index in [-0.39, 0.29) is 30.4 Å². The lowest BCUT2D eigenvalue weighted by Crippen LogP contribution is -2.61. The molecule has 0 spiro atoms. The Hall–Kier alpha value is -2.25. The molecule has 0 saturated heterocycles. The third kappa shape index (κ3) is 5.52. The number of alkyl halides is 3. The van der Waals surface area contributed by atoms with Crippen LogP contribution in [0.1, 0.15) is 56.1 Å². The first-order valence-electron chi connectivity index (χ1n) is 11.2. The summed E-state index contributed by atoms with van der Waals surface area (Å²) in [6, 6.07) is 4.74. The molecule has 0 aliphatic heterocycles. The van der Waals surface area contributed by atoms with Crippen molar-refractivity contribution in [1.29, 1.82) is 0 Å². The molecule has 0 atom stereocenters. The monoisotopic (exact) mass is 437 g/mol. The van der Waals surface area contributed by atoms with Crippen LogP contribution in [0, 0.1) is 17.8 Å². The van der Waals surface area contributed by atoms with Crippen molar-refractivity contribution >= 4 is 11.9 Å². The SMILES string of the molecule is O=C(CCNC(=O)NC12CC3CC(CC(C3)C1)C2)NCCc1ccc(C(F)(F)F)cc1. The molecular formula is C23H30F3N3O2. The van der Waals surface area contributed by atoms with Crippen LogP contribution in [0.4, 0.5) is 18.0 Å². The highest BCUT2D eigenvalue weighted by atomic mass is 19.4. The molecule has 0 unspecified atom stereocenters. The first-order chi connectivity index (χ1) is 14.7. The predicted molar refractivity (Wildman–Crippen MR) is 110 cm³/mol. The van der Waals surface area contributed by atoms with Crippen LogP contribution in [0.25, 0.3) is 0 Å². The molecule has 31 heavy (non-hydrogen) atoms. The summed E-state index contributed by atoms with van der Waals surface area (Å²) in [5.41, 5.74) is -0.0116. The lowest BCUT2D eigenvalue weighted by atomic mass is 9.53. The van der Waals surface area contributed by atoms with Crippen LogP contribution in [0.15, 0.2) is 24.3 Å². The van der Waals surface area contributed by atoms with Gasteiger partial charge in [0.25, 0.3) is 0 Å². The average molecular weight is 438 g/mol. The molecule has 170 valence electrons. The van der Waals surface area contributed by atoms with Gasteiger partial charge in [-0.25, -0.2) is 4.79 Å². The van der Waals surface area contributed by atoms with Crippen molar-refractivity contribution in [3.8, 4) is 0 Å². The van der Waals surface area contributed by atoms with E-state index in [9.17, 15) is 22.8 Å². The Morgan fingerprint density at radius 2 is 1.48 bits per heavy atom. The normalized spacial score (nSPS) is 28.9. The van der Waals surface area contributed by atoms with Gasteiger partial charge in [-0.2, -0.15) is 13.2 Å². The highest BCUT2D eigenvalue weighted by Crippen LogP contribution is 2.55. The number of carbonyl (C=O) groups is 2. The number of amides is 3. The van der Waals surface area contributed by atoms with Gasteiger partial charge < -0.3 is 16.0 Å². The molecule has 4 aliphatic carbocycles. The largest absolute Gasteiger partial charge is 0.416 e. The summed E-state index contributed by atoms with van der Waals surface area (Å²) in [5.74, 6) is 2.06. The average Bonchev–Trinajstić information content (AvgIpc) is 2.66. The number of hydrogen-bond donors (Lipinski definition) is 3. The smallest absolute Gasteiger partial charge is 0.356 e. The second kappa shape index (κ2) is 8.71. The highest BCUT2D eigenvalue weighted by Gasteiger charge is 2.51. The van der Waals surface area contributed by atoms with E-state index in [1.165, 1.54) is 31.4 Å². The fourth-order valence-corrected chi connectivity index (χ4v) is 6.13. The van der Waals surface area contributed by atoms with E-state index >= 15 is 0 Å². The first-order valence-corrected chi connectivity index (χ1v) is 11.2. The van der Waals surface area contributed by atoms with Gasteiger partial charge in [0.2, 0.25) is 5.91 Å². The number of halogens is 3. The van der Waals surface area contributed by atoms with Gasteiger partial charge in [-0.05, 0) is 80.4 Å². The summed E-state index contributed by atoms with van der Waals surface area (Å²) in [4.78, 5) is 24.4. The first kappa shape index (κ1) is 22.0. The minimum atomic E-state index is -4.35. The molecule has 1 aromatic carbocycles. The zero-order chi connectivity index (χ0) is 22.1. The van der Waals surface area contributed by atoms with E-state index in [0.29, 0.717) is 13.0 Å². The van der Waals surface area contributed by atoms with E-state index in [0.717, 1.165) is 54.7 Å². The van der Waals surface area contributed by atoms with Crippen molar-refractivity contribution in [3.63, 3.8) is 0 Å². The summed E-state index contributed by atoms with van der Waals surface area (Å²) >= 11 is 0. The Labute approximate surface area is 180 Å². The van der Waals surface area contributed by atoms with E-state index < -0.39 is 11.7 Å². The molecular weight excluding hydrogens is 407 g/mol. The van der Waals surface area contributed by atoms with Crippen molar-refractivity contribution in [3.05, 3.63) is 35.4 Å². The van der Waals surface area contributed by atoms with Gasteiger partial charge in [-0.3, -0.25) is 4.79 Å². The zero-order valence-corrected chi connectivity index (χ0v) is 17.6. The number of urea groups is 1. The van der Waals surface area contributed by atoms with Gasteiger partial charge >= 0.3 is 12.2 Å². The molecule has 0 radical (unpaired) electrons. The van der Waals surface area contributed by atoms with Gasteiger partial charge in [0.1, 0.15) is 0 Å². The number of carbonyl (C=O) groups excluding carboxylic acids is 2. The van der Waals surface area contributed by atoms with Crippen LogP contribution < -0.4 is 16.0 Å². The molecule has 1 aromatic rings. The summed E-state index contributed by atoms with van der Waals surface area (Å²) in [5, 5.41) is 8.76. The van der Waals surface area contributed by atoms with Gasteiger partial charge in [0, 0.05) is 25.0 Å². The Balaban J connectivity index is 1.12. The van der Waals surface area contributed by atoms with Crippen LogP contribution >= 0.6 is 0 Å². The summed E-state index contributed by atoms with van der Waals surface area (Å²) in [6.07, 6.45) is 3.46. The summed E-state index contributed by atoms with van der Waals surface area (Å²) in [7, 11) is 0. The zero-order valence-electron chi connectivity index (χ0n) is 17.6. The number of nitrogens with one attached hydrogen (secondary N) is 3. The van der Waals surface area contributed by atoms with Crippen LogP contribution in [0.5, 0.6) is 0 Å². The molecule has 3 N–H and O–H groups in total. The van der Waals surface area contributed by atoms with Gasteiger partial charge in [0.15, 0.2) is 0 Å². The highest BCUT2D eigenvalue weighted by molar-refractivity contribution is 5.78. The lowest BCUT2D eigenvalue weighted by Gasteiger charge is -2.56. The molecule has 5 rings (SSSR count). The fourth-order valence-electron chi connectivity index (χ4n) is 6.13. The molecule has 0 heterocycles. The number of benzene rings is 1. The summed E-state index contributed by atoms with van der Waals surface area (Å²) < 4.78 is 37.7. The van der Waals surface area contributed by atoms with E-state index in [2.05, 4.69) is 16.0 Å². The fraction of sp³-hybridized carbons (Fsp3) is 0.652. The van der Waals surface area contributed by atoms with Crippen LogP contribution in [0.2, 0.25) is 0 Å². The molecule has 3 amide bonds. The minimum absolute atomic E-state index is 0.0528. The Morgan fingerprint density at radius 3 is 2.03 bits per heavy atom. The van der Waals surface area contributed by atoms with Gasteiger partial charge in [-0.1, -0.05) is 12.1 Å². The van der Waals surface area contributed by atoms with Gasteiger partial charge in [-0.15, -0.1) is 0 Å². The standard InChI is InChI=1S/C23H30F3N3O2/c24-23(25,26)19-3-1-15(2-4-19)5-7-27-20(30)6-8-28-21(31)29-22-12-16-9-17(13-22)11-18(10-16)14-22/h1-4,16-18H,5-14H2,(H,27,30)(H2,28,29,31). The molecule has 4 saturated carbocycles. The Kier molecular flexibility index (Phi) is 6.17. The molecule has 4 fully saturated rings. The number of hydrogen-bond acceptors (Lipinski definition) is 2. The maximum absolute atomic E-state index is 12.6. The summed E-state index contributed by atoms with van der Waals surface area (Å²) in [6.45, 7) is 0.591. The van der Waals surface area contributed by atoms with Crippen molar-refractivity contribution in [2.24, 2.45) is 17.8 Å². The van der Waals surface area contributed by atoms with Crippen molar-refractivity contribution < 1.29 is 22.8 Å². The van der Waals surface area contributed by atoms with Gasteiger partial charge in [0.05, 0.1) is 5.56 Å². The van der Waals surface area contributed by atoms with E-state index in [1.54, 1.807) is 0 Å². The predicted octanol–water partition coefficient (Wildman–Crippen LogP) is 4.02.